The van der Waals surface area contributed by atoms with E-state index in [-0.39, 0.29) is 27.4 Å². The van der Waals surface area contributed by atoms with Gasteiger partial charge < -0.3 is 5.11 Å². The van der Waals surface area contributed by atoms with Crippen LogP contribution >= 0.6 is 0 Å². The molecule has 3 N–H and O–H groups in total. The number of phenolic OH excluding ortho intramolecular Hbond substituents is 1. The lowest BCUT2D eigenvalue weighted by Crippen LogP contribution is -1.97. The maximum Gasteiger partial charge on any atom is 0.294 e. The van der Waals surface area contributed by atoms with Gasteiger partial charge in [-0.3, -0.25) is 4.55 Å². The first-order valence-electron chi connectivity index (χ1n) is 7.01. The third-order valence-corrected chi connectivity index (χ3v) is 4.33. The van der Waals surface area contributed by atoms with Gasteiger partial charge in [0.25, 0.3) is 10.1 Å². The number of phenols is 1. The van der Waals surface area contributed by atoms with Crippen LogP contribution in [0.15, 0.2) is 74.8 Å². The SMILES string of the molecule is N=Nc1c(O)cc(N=Nc2ccccc2)c2cc(S(=O)(=O)O)ccc12. The van der Waals surface area contributed by atoms with Crippen LogP contribution in [0.5, 0.6) is 5.75 Å². The smallest absolute Gasteiger partial charge is 0.294 e. The summed E-state index contributed by atoms with van der Waals surface area (Å²) in [4.78, 5) is -0.335. The van der Waals surface area contributed by atoms with Crippen LogP contribution in [0.1, 0.15) is 0 Å². The summed E-state index contributed by atoms with van der Waals surface area (Å²) in [5.41, 5.74) is 7.90. The molecule has 3 aromatic carbocycles. The molecule has 8 nitrogen and oxygen atoms in total. The van der Waals surface area contributed by atoms with Crippen LogP contribution in [0.3, 0.4) is 0 Å². The number of rotatable bonds is 4. The molecule has 0 spiro atoms. The van der Waals surface area contributed by atoms with Crippen molar-refractivity contribution >= 4 is 38.0 Å². The number of benzene rings is 3. The molecule has 0 aliphatic carbocycles. The van der Waals surface area contributed by atoms with Gasteiger partial charge in [0.1, 0.15) is 11.4 Å². The molecule has 0 aliphatic rings. The number of nitrogens with zero attached hydrogens (tertiary/aromatic N) is 3. The Hall–Kier alpha value is -3.17. The molecule has 3 aromatic rings. The van der Waals surface area contributed by atoms with E-state index in [2.05, 4.69) is 15.3 Å². The maximum atomic E-state index is 11.4. The van der Waals surface area contributed by atoms with Gasteiger partial charge in [-0.1, -0.05) is 24.3 Å². The van der Waals surface area contributed by atoms with Crippen LogP contribution in [0.2, 0.25) is 0 Å². The van der Waals surface area contributed by atoms with Gasteiger partial charge in [0, 0.05) is 16.8 Å². The lowest BCUT2D eigenvalue weighted by atomic mass is 10.1. The molecule has 0 atom stereocenters. The van der Waals surface area contributed by atoms with Crippen LogP contribution in [0, 0.1) is 5.53 Å². The van der Waals surface area contributed by atoms with Crippen molar-refractivity contribution in [1.82, 2.24) is 0 Å². The van der Waals surface area contributed by atoms with Crippen LogP contribution in [-0.4, -0.2) is 18.1 Å². The predicted octanol–water partition coefficient (Wildman–Crippen LogP) is 4.87. The van der Waals surface area contributed by atoms with Crippen LogP contribution in [-0.2, 0) is 10.1 Å². The van der Waals surface area contributed by atoms with E-state index in [1.807, 2.05) is 6.07 Å². The zero-order valence-electron chi connectivity index (χ0n) is 12.7. The molecular formula is C16H12N4O4S. The number of fused-ring (bicyclic) bond motifs is 1. The van der Waals surface area contributed by atoms with E-state index in [1.54, 1.807) is 24.3 Å². The topological polar surface area (TPSA) is 136 Å². The fraction of sp³-hybridized carbons (Fsp3) is 0. The largest absolute Gasteiger partial charge is 0.506 e. The van der Waals surface area contributed by atoms with Crippen molar-refractivity contribution in [3.8, 4) is 5.75 Å². The van der Waals surface area contributed by atoms with Gasteiger partial charge in [-0.2, -0.15) is 18.6 Å². The van der Waals surface area contributed by atoms with Gasteiger partial charge in [0.05, 0.1) is 16.3 Å². The Morgan fingerprint density at radius 3 is 2.28 bits per heavy atom. The Kier molecular flexibility index (Phi) is 4.26. The molecule has 0 bridgehead atoms. The van der Waals surface area contributed by atoms with E-state index in [0.717, 1.165) is 6.07 Å². The monoisotopic (exact) mass is 356 g/mol. The van der Waals surface area contributed by atoms with E-state index in [4.69, 9.17) is 5.53 Å². The second-order valence-corrected chi connectivity index (χ2v) is 6.51. The summed E-state index contributed by atoms with van der Waals surface area (Å²) >= 11 is 0. The minimum Gasteiger partial charge on any atom is -0.506 e. The van der Waals surface area contributed by atoms with Crippen LogP contribution in [0.25, 0.3) is 10.8 Å². The van der Waals surface area contributed by atoms with Crippen molar-refractivity contribution < 1.29 is 18.1 Å². The average Bonchev–Trinajstić information content (AvgIpc) is 2.59. The predicted molar refractivity (Wildman–Crippen MR) is 90.9 cm³/mol. The number of hydrogen-bond donors (Lipinski definition) is 3. The van der Waals surface area contributed by atoms with Crippen molar-refractivity contribution in [3.63, 3.8) is 0 Å². The Morgan fingerprint density at radius 1 is 0.920 bits per heavy atom. The van der Waals surface area contributed by atoms with E-state index >= 15 is 0 Å². The summed E-state index contributed by atoms with van der Waals surface area (Å²) in [6.07, 6.45) is 0. The van der Waals surface area contributed by atoms with Crippen molar-refractivity contribution in [3.05, 3.63) is 54.6 Å². The highest BCUT2D eigenvalue weighted by Crippen LogP contribution is 2.42. The molecule has 126 valence electrons. The lowest BCUT2D eigenvalue weighted by molar-refractivity contribution is 0.477. The Balaban J connectivity index is 2.26. The second-order valence-electron chi connectivity index (χ2n) is 5.09. The fourth-order valence-electron chi connectivity index (χ4n) is 2.32. The third kappa shape index (κ3) is 3.37. The van der Waals surface area contributed by atoms with Crippen molar-refractivity contribution in [2.24, 2.45) is 15.3 Å². The van der Waals surface area contributed by atoms with Crippen molar-refractivity contribution in [2.75, 3.05) is 0 Å². The molecule has 0 saturated heterocycles. The first-order valence-corrected chi connectivity index (χ1v) is 8.45. The molecule has 3 rings (SSSR count). The summed E-state index contributed by atoms with van der Waals surface area (Å²) in [6.45, 7) is 0. The lowest BCUT2D eigenvalue weighted by Gasteiger charge is -2.08. The molecule has 0 heterocycles. The molecule has 0 amide bonds. The van der Waals surface area contributed by atoms with Gasteiger partial charge >= 0.3 is 0 Å². The second kappa shape index (κ2) is 6.38. The molecular weight excluding hydrogens is 344 g/mol. The first-order chi connectivity index (χ1) is 11.9. The molecule has 0 aliphatic heterocycles. The summed E-state index contributed by atoms with van der Waals surface area (Å²) in [6, 6.07) is 13.8. The summed E-state index contributed by atoms with van der Waals surface area (Å²) in [5.74, 6) is -0.288. The summed E-state index contributed by atoms with van der Waals surface area (Å²) < 4.78 is 32.0. The zero-order valence-corrected chi connectivity index (χ0v) is 13.5. The van der Waals surface area contributed by atoms with E-state index in [9.17, 15) is 18.1 Å². The van der Waals surface area contributed by atoms with Crippen molar-refractivity contribution in [1.29, 1.82) is 5.53 Å². The molecule has 25 heavy (non-hydrogen) atoms. The number of nitrogens with one attached hydrogen (secondary N) is 1. The Labute approximate surface area is 142 Å². The van der Waals surface area contributed by atoms with E-state index < -0.39 is 10.1 Å². The van der Waals surface area contributed by atoms with E-state index in [0.29, 0.717) is 11.1 Å². The van der Waals surface area contributed by atoms with Crippen LogP contribution in [0.4, 0.5) is 17.1 Å². The number of azo groups is 1. The quantitative estimate of drug-likeness (QED) is 0.454. The van der Waals surface area contributed by atoms with E-state index in [1.165, 1.54) is 18.2 Å². The Bertz CT molecular complexity index is 1100. The molecule has 0 radical (unpaired) electrons. The first kappa shape index (κ1) is 16.7. The number of aromatic hydroxyl groups is 1. The molecule has 0 aromatic heterocycles. The minimum atomic E-state index is -4.42. The van der Waals surface area contributed by atoms with Gasteiger partial charge in [0.2, 0.25) is 0 Å². The highest BCUT2D eigenvalue weighted by atomic mass is 32.2. The molecule has 0 fully saturated rings. The summed E-state index contributed by atoms with van der Waals surface area (Å²) in [7, 11) is -4.42. The van der Waals surface area contributed by atoms with Gasteiger partial charge in [-0.25, -0.2) is 5.53 Å². The van der Waals surface area contributed by atoms with Gasteiger partial charge in [-0.15, -0.1) is 5.11 Å². The van der Waals surface area contributed by atoms with Gasteiger partial charge in [0.15, 0.2) is 0 Å². The Morgan fingerprint density at radius 2 is 1.64 bits per heavy atom. The maximum absolute atomic E-state index is 11.4. The highest BCUT2D eigenvalue weighted by molar-refractivity contribution is 7.85. The molecule has 0 saturated carbocycles. The standard InChI is InChI=1S/C16H12N4O4S/c17-18-16-12-7-6-11(25(22,23)24)8-13(12)14(9-15(16)21)20-19-10-4-2-1-3-5-10/h1-9,17,21H,(H,22,23,24). The third-order valence-electron chi connectivity index (χ3n) is 3.48. The average molecular weight is 356 g/mol. The molecule has 0 unspecified atom stereocenters. The van der Waals surface area contributed by atoms with Gasteiger partial charge in [-0.05, 0) is 24.3 Å². The molecule has 9 heteroatoms. The summed E-state index contributed by atoms with van der Waals surface area (Å²) in [5, 5.41) is 22.0. The van der Waals surface area contributed by atoms with Crippen molar-refractivity contribution in [2.45, 2.75) is 4.90 Å². The normalized spacial score (nSPS) is 11.9. The number of hydrogen-bond acceptors (Lipinski definition) is 7. The fourth-order valence-corrected chi connectivity index (χ4v) is 2.83. The van der Waals surface area contributed by atoms with Crippen LogP contribution < -0.4 is 0 Å². The zero-order chi connectivity index (χ0) is 18.0. The highest BCUT2D eigenvalue weighted by Gasteiger charge is 2.16. The minimum absolute atomic E-state index is 0.0319.